The quantitative estimate of drug-likeness (QED) is 0.177. The summed E-state index contributed by atoms with van der Waals surface area (Å²) >= 11 is 6.41. The number of anilines is 1. The molecule has 208 valence electrons. The van der Waals surface area contributed by atoms with Crippen LogP contribution in [0.3, 0.4) is 0 Å². The number of carbonyl (C=O) groups is 4. The number of fused-ring (bicyclic) bond motifs is 1. The highest BCUT2D eigenvalue weighted by Crippen LogP contribution is 2.31. The lowest BCUT2D eigenvalue weighted by Crippen LogP contribution is -2.37. The van der Waals surface area contributed by atoms with Crippen molar-refractivity contribution in [1.29, 1.82) is 0 Å². The fourth-order valence-corrected chi connectivity index (χ4v) is 5.02. The Kier molecular flexibility index (Phi) is 7.89. The third-order valence-electron chi connectivity index (χ3n) is 6.04. The van der Waals surface area contributed by atoms with Gasteiger partial charge in [-0.3, -0.25) is 28.4 Å². The van der Waals surface area contributed by atoms with Crippen LogP contribution >= 0.6 is 11.6 Å². The number of benzene rings is 2. The van der Waals surface area contributed by atoms with Crippen LogP contribution in [0.4, 0.5) is 5.82 Å². The molecule has 0 bridgehead atoms. The normalized spacial score (nSPS) is 13.4. The monoisotopic (exact) mass is 585 g/mol. The van der Waals surface area contributed by atoms with Crippen molar-refractivity contribution in [3.8, 4) is 0 Å². The summed E-state index contributed by atoms with van der Waals surface area (Å²) in [6.45, 7) is 5.31. The van der Waals surface area contributed by atoms with Crippen LogP contribution < -0.4 is 4.90 Å². The Hall–Kier alpha value is -4.36. The van der Waals surface area contributed by atoms with Crippen molar-refractivity contribution in [3.63, 3.8) is 0 Å². The standard InChI is InChI=1S/C26H24ClN5O7S/c1-15-9-11-19(12-10-15)40(37,38)39-29-22(13-14-30-25(35)20-7-5-6-8-21(20)26(30)36)32-24(23(27)16(2)28-32)31(17(3)33)18(4)34/h5-12H,13-14H2,1-4H3/b29-22-. The van der Waals surface area contributed by atoms with E-state index >= 15 is 0 Å². The Balaban J connectivity index is 1.76. The maximum absolute atomic E-state index is 12.9. The van der Waals surface area contributed by atoms with Gasteiger partial charge < -0.3 is 0 Å². The van der Waals surface area contributed by atoms with Crippen molar-refractivity contribution in [1.82, 2.24) is 14.7 Å². The second-order valence-corrected chi connectivity index (χ2v) is 10.8. The molecule has 1 aromatic heterocycles. The molecule has 0 unspecified atom stereocenters. The lowest BCUT2D eigenvalue weighted by Gasteiger charge is -2.20. The Bertz CT molecular complexity index is 1630. The Morgan fingerprint density at radius 2 is 1.52 bits per heavy atom. The second kappa shape index (κ2) is 11.0. The maximum atomic E-state index is 12.9. The Labute approximate surface area is 234 Å². The molecule has 0 radical (unpaired) electrons. The minimum atomic E-state index is -4.41. The molecule has 40 heavy (non-hydrogen) atoms. The van der Waals surface area contributed by atoms with E-state index < -0.39 is 33.7 Å². The van der Waals surface area contributed by atoms with Crippen molar-refractivity contribution >= 4 is 57.0 Å². The topological polar surface area (TPSA) is 148 Å². The molecule has 0 N–H and O–H groups in total. The van der Waals surface area contributed by atoms with Gasteiger partial charge in [0.05, 0.1) is 16.8 Å². The van der Waals surface area contributed by atoms with Gasteiger partial charge in [-0.1, -0.05) is 41.4 Å². The molecule has 4 amide bonds. The molecule has 0 spiro atoms. The number of carbonyl (C=O) groups excluding carboxylic acids is 4. The SMILES string of the molecule is CC(=O)N(C(C)=O)c1c(Cl)c(C)nn1/C(CCN1C(=O)c2ccccc2C1=O)=N\OS(=O)(=O)c1ccc(C)cc1. The third-order valence-corrected chi connectivity index (χ3v) is 7.60. The highest BCUT2D eigenvalue weighted by molar-refractivity contribution is 7.86. The van der Waals surface area contributed by atoms with E-state index in [9.17, 15) is 27.6 Å². The first kappa shape index (κ1) is 28.6. The zero-order valence-corrected chi connectivity index (χ0v) is 23.5. The van der Waals surface area contributed by atoms with Gasteiger partial charge in [0.1, 0.15) is 9.92 Å². The van der Waals surface area contributed by atoms with E-state index in [1.165, 1.54) is 31.2 Å². The lowest BCUT2D eigenvalue weighted by molar-refractivity contribution is -0.124. The van der Waals surface area contributed by atoms with E-state index in [0.717, 1.165) is 33.9 Å². The first-order valence-corrected chi connectivity index (χ1v) is 13.7. The van der Waals surface area contributed by atoms with Crippen LogP contribution in [0.1, 0.15) is 52.2 Å². The molecule has 0 aliphatic carbocycles. The summed E-state index contributed by atoms with van der Waals surface area (Å²) in [5, 5.41) is 7.99. The first-order chi connectivity index (χ1) is 18.8. The zero-order valence-electron chi connectivity index (χ0n) is 21.9. The number of imide groups is 2. The van der Waals surface area contributed by atoms with E-state index in [4.69, 9.17) is 15.9 Å². The molecule has 0 fully saturated rings. The highest BCUT2D eigenvalue weighted by Gasteiger charge is 2.36. The van der Waals surface area contributed by atoms with Crippen LogP contribution in [-0.4, -0.2) is 59.1 Å². The second-order valence-electron chi connectivity index (χ2n) is 8.92. The van der Waals surface area contributed by atoms with E-state index in [0.29, 0.717) is 0 Å². The molecule has 4 rings (SSSR count). The van der Waals surface area contributed by atoms with E-state index in [-0.39, 0.29) is 51.4 Å². The molecule has 2 aromatic carbocycles. The number of nitrogens with zero attached hydrogens (tertiary/aromatic N) is 5. The number of halogens is 1. The van der Waals surface area contributed by atoms with Crippen LogP contribution in [0.25, 0.3) is 0 Å². The summed E-state index contributed by atoms with van der Waals surface area (Å²) in [5.74, 6) is -2.91. The van der Waals surface area contributed by atoms with Crippen LogP contribution in [0.15, 0.2) is 58.6 Å². The van der Waals surface area contributed by atoms with Crippen molar-refractivity contribution in [2.75, 3.05) is 11.4 Å². The Morgan fingerprint density at radius 1 is 0.975 bits per heavy atom. The van der Waals surface area contributed by atoms with Gasteiger partial charge in [0.2, 0.25) is 11.8 Å². The van der Waals surface area contributed by atoms with Crippen molar-refractivity contribution in [2.45, 2.75) is 39.0 Å². The number of hydrogen-bond donors (Lipinski definition) is 0. The summed E-state index contributed by atoms with van der Waals surface area (Å²) in [4.78, 5) is 52.1. The molecule has 1 aliphatic rings. The maximum Gasteiger partial charge on any atom is 0.358 e. The van der Waals surface area contributed by atoms with Crippen LogP contribution in [0.2, 0.25) is 5.02 Å². The number of aromatic nitrogens is 2. The molecule has 1 aliphatic heterocycles. The predicted molar refractivity (Wildman–Crippen MR) is 145 cm³/mol. The average Bonchev–Trinajstić information content (AvgIpc) is 3.32. The third kappa shape index (κ3) is 5.38. The predicted octanol–water partition coefficient (Wildman–Crippen LogP) is 3.31. The van der Waals surface area contributed by atoms with Gasteiger partial charge in [-0.15, -0.1) is 0 Å². The number of rotatable bonds is 7. The summed E-state index contributed by atoms with van der Waals surface area (Å²) in [5.41, 5.74) is 1.47. The molecule has 3 aromatic rings. The molecule has 0 saturated heterocycles. The van der Waals surface area contributed by atoms with Crippen LogP contribution in [0.5, 0.6) is 0 Å². The number of oxime groups is 1. The number of aryl methyl sites for hydroxylation is 2. The summed E-state index contributed by atoms with van der Waals surface area (Å²) in [6.07, 6.45) is -0.275. The molecule has 2 heterocycles. The molecular formula is C26H24ClN5O7S. The van der Waals surface area contributed by atoms with E-state index in [1.54, 1.807) is 31.2 Å². The molecule has 14 heteroatoms. The first-order valence-electron chi connectivity index (χ1n) is 11.9. The van der Waals surface area contributed by atoms with Gasteiger partial charge in [-0.25, -0.2) is 4.90 Å². The minimum Gasteiger partial charge on any atom is -0.274 e. The van der Waals surface area contributed by atoms with Gasteiger partial charge in [-0.05, 0) is 43.3 Å². The van der Waals surface area contributed by atoms with Gasteiger partial charge >= 0.3 is 10.1 Å². The number of amides is 4. The van der Waals surface area contributed by atoms with Crippen molar-refractivity contribution in [3.05, 3.63) is 75.9 Å². The smallest absolute Gasteiger partial charge is 0.274 e. The van der Waals surface area contributed by atoms with Gasteiger partial charge in [0.25, 0.3) is 11.8 Å². The molecule has 0 atom stereocenters. The molecular weight excluding hydrogens is 562 g/mol. The highest BCUT2D eigenvalue weighted by atomic mass is 35.5. The van der Waals surface area contributed by atoms with Crippen LogP contribution in [-0.2, 0) is 24.0 Å². The fourth-order valence-electron chi connectivity index (χ4n) is 4.07. The lowest BCUT2D eigenvalue weighted by atomic mass is 10.1. The molecule has 0 saturated carbocycles. The summed E-state index contributed by atoms with van der Waals surface area (Å²) < 4.78 is 31.7. The van der Waals surface area contributed by atoms with Crippen molar-refractivity contribution in [2.24, 2.45) is 5.16 Å². The van der Waals surface area contributed by atoms with Gasteiger partial charge in [0.15, 0.2) is 11.7 Å². The van der Waals surface area contributed by atoms with Gasteiger partial charge in [-0.2, -0.15) is 18.2 Å². The largest absolute Gasteiger partial charge is 0.358 e. The summed E-state index contributed by atoms with van der Waals surface area (Å²) in [7, 11) is -4.41. The average molecular weight is 586 g/mol. The van der Waals surface area contributed by atoms with E-state index in [1.807, 2.05) is 0 Å². The van der Waals surface area contributed by atoms with Crippen molar-refractivity contribution < 1.29 is 31.9 Å². The fraction of sp³-hybridized carbons (Fsp3) is 0.231. The Morgan fingerprint density at radius 3 is 2.05 bits per heavy atom. The minimum absolute atomic E-state index is 0.0692. The van der Waals surface area contributed by atoms with E-state index in [2.05, 4.69) is 10.3 Å². The zero-order chi connectivity index (χ0) is 29.4. The summed E-state index contributed by atoms with van der Waals surface area (Å²) in [6, 6.07) is 12.1. The van der Waals surface area contributed by atoms with Crippen LogP contribution in [0, 0.1) is 13.8 Å². The molecule has 12 nitrogen and oxygen atoms in total. The van der Waals surface area contributed by atoms with Gasteiger partial charge in [0, 0.05) is 26.8 Å². The number of hydrogen-bond acceptors (Lipinski definition) is 9.